The molecule has 1 saturated carbocycles. The van der Waals surface area contributed by atoms with E-state index < -0.39 is 0 Å². The first-order valence-corrected chi connectivity index (χ1v) is 10.5. The summed E-state index contributed by atoms with van der Waals surface area (Å²) < 4.78 is 3.83. The molecule has 0 bridgehead atoms. The molecule has 0 spiro atoms. The molecule has 7 heteroatoms. The summed E-state index contributed by atoms with van der Waals surface area (Å²) in [7, 11) is 0. The van der Waals surface area contributed by atoms with Crippen LogP contribution in [-0.4, -0.2) is 38.7 Å². The molecule has 2 aromatic rings. The van der Waals surface area contributed by atoms with E-state index >= 15 is 0 Å². The number of nitrogens with zero attached hydrogens (tertiary/aromatic N) is 3. The second-order valence-electron chi connectivity index (χ2n) is 7.22. The van der Waals surface area contributed by atoms with Crippen LogP contribution in [0.25, 0.3) is 0 Å². The van der Waals surface area contributed by atoms with Crippen LogP contribution >= 0.6 is 28.1 Å². The van der Waals surface area contributed by atoms with Crippen molar-refractivity contribution < 1.29 is 4.79 Å². The van der Waals surface area contributed by atoms with Gasteiger partial charge < -0.3 is 9.47 Å². The number of likely N-dealkylation sites (tertiary alicyclic amines) is 1. The zero-order valence-electron chi connectivity index (χ0n) is 14.8. The summed E-state index contributed by atoms with van der Waals surface area (Å²) in [5.41, 5.74) is 1.26. The number of H-pyrrole nitrogens is 1. The van der Waals surface area contributed by atoms with Crippen LogP contribution in [0, 0.1) is 10.7 Å². The minimum absolute atomic E-state index is 0.124. The van der Waals surface area contributed by atoms with Crippen LogP contribution in [0.15, 0.2) is 28.7 Å². The molecule has 2 fully saturated rings. The number of aromatic amines is 1. The van der Waals surface area contributed by atoms with Gasteiger partial charge in [-0.1, -0.05) is 34.1 Å². The number of hydrogen-bond acceptors (Lipinski definition) is 3. The van der Waals surface area contributed by atoms with E-state index in [4.69, 9.17) is 12.2 Å². The zero-order valence-corrected chi connectivity index (χ0v) is 17.2. The minimum atomic E-state index is 0.124. The van der Waals surface area contributed by atoms with Crippen molar-refractivity contribution in [3.63, 3.8) is 0 Å². The van der Waals surface area contributed by atoms with Crippen LogP contribution in [-0.2, 0) is 11.3 Å². The van der Waals surface area contributed by atoms with E-state index in [-0.39, 0.29) is 11.8 Å². The average Bonchev–Trinajstić information content (AvgIpc) is 3.36. The van der Waals surface area contributed by atoms with Gasteiger partial charge in [-0.25, -0.2) is 0 Å². The van der Waals surface area contributed by atoms with Gasteiger partial charge in [0.2, 0.25) is 5.91 Å². The van der Waals surface area contributed by atoms with Crippen LogP contribution in [0.2, 0.25) is 0 Å². The van der Waals surface area contributed by atoms with Crippen LogP contribution < -0.4 is 0 Å². The maximum atomic E-state index is 13.0. The predicted molar refractivity (Wildman–Crippen MR) is 107 cm³/mol. The van der Waals surface area contributed by atoms with Gasteiger partial charge in [-0.05, 0) is 56.0 Å². The molecule has 5 nitrogen and oxygen atoms in total. The molecule has 1 aliphatic heterocycles. The van der Waals surface area contributed by atoms with Crippen LogP contribution in [0.4, 0.5) is 0 Å². The Morgan fingerprint density at radius 2 is 2.23 bits per heavy atom. The Kier molecular flexibility index (Phi) is 5.01. The van der Waals surface area contributed by atoms with Crippen LogP contribution in [0.1, 0.15) is 49.4 Å². The van der Waals surface area contributed by atoms with Gasteiger partial charge in [0.1, 0.15) is 5.82 Å². The van der Waals surface area contributed by atoms with Gasteiger partial charge in [-0.15, -0.1) is 0 Å². The monoisotopic (exact) mass is 434 g/mol. The first-order valence-electron chi connectivity index (χ1n) is 9.28. The smallest absolute Gasteiger partial charge is 0.226 e. The van der Waals surface area contributed by atoms with Crippen molar-refractivity contribution in [2.45, 2.75) is 44.6 Å². The van der Waals surface area contributed by atoms with Crippen molar-refractivity contribution in [3.05, 3.63) is 44.9 Å². The summed E-state index contributed by atoms with van der Waals surface area (Å²) in [6.07, 6.45) is 3.03. The van der Waals surface area contributed by atoms with Crippen LogP contribution in [0.5, 0.6) is 0 Å². The van der Waals surface area contributed by atoms with E-state index in [1.54, 1.807) is 0 Å². The molecule has 1 saturated heterocycles. The third-order valence-electron chi connectivity index (χ3n) is 5.61. The third kappa shape index (κ3) is 3.27. The normalized spacial score (nSPS) is 25.3. The highest BCUT2D eigenvalue weighted by Crippen LogP contribution is 2.50. The summed E-state index contributed by atoms with van der Waals surface area (Å²) in [6.45, 7) is 4.48. The number of piperidine rings is 1. The quantitative estimate of drug-likeness (QED) is 0.732. The molecule has 4 rings (SSSR count). The minimum Gasteiger partial charge on any atom is -0.342 e. The predicted octanol–water partition coefficient (Wildman–Crippen LogP) is 4.23. The molecular formula is C19H23BrN4OS. The lowest BCUT2D eigenvalue weighted by atomic mass is 9.96. The highest BCUT2D eigenvalue weighted by molar-refractivity contribution is 9.10. The van der Waals surface area contributed by atoms with Crippen molar-refractivity contribution in [2.75, 3.05) is 13.1 Å². The number of carbonyl (C=O) groups is 1. The van der Waals surface area contributed by atoms with Crippen molar-refractivity contribution in [3.8, 4) is 0 Å². The van der Waals surface area contributed by atoms with Gasteiger partial charge in [-0.2, -0.15) is 5.10 Å². The molecule has 2 aliphatic rings. The lowest BCUT2D eigenvalue weighted by molar-refractivity contribution is -0.133. The Balaban J connectivity index is 1.46. The highest BCUT2D eigenvalue weighted by Gasteiger charge is 2.47. The number of rotatable bonds is 4. The SMILES string of the molecule is CCn1c(C2CCCN(C(=O)C3CC3c3ccccc3Br)C2)n[nH]c1=S. The average molecular weight is 435 g/mol. The fourth-order valence-corrected chi connectivity index (χ4v) is 5.00. The Labute approximate surface area is 166 Å². The molecule has 1 aromatic heterocycles. The topological polar surface area (TPSA) is 53.9 Å². The van der Waals surface area contributed by atoms with Gasteiger partial charge in [0, 0.05) is 35.9 Å². The number of carbonyl (C=O) groups excluding carboxylic acids is 1. The molecule has 1 N–H and O–H groups in total. The van der Waals surface area contributed by atoms with E-state index in [2.05, 4.69) is 49.8 Å². The van der Waals surface area contributed by atoms with Crippen molar-refractivity contribution in [1.82, 2.24) is 19.7 Å². The number of hydrogen-bond donors (Lipinski definition) is 1. The van der Waals surface area contributed by atoms with Gasteiger partial charge >= 0.3 is 0 Å². The number of halogens is 1. The summed E-state index contributed by atoms with van der Waals surface area (Å²) in [5, 5.41) is 7.35. The maximum absolute atomic E-state index is 13.0. The second kappa shape index (κ2) is 7.27. The molecule has 1 aliphatic carbocycles. The standard InChI is InChI=1S/C19H23BrN4OS/c1-2-24-17(21-22-19(24)26)12-6-5-9-23(11-12)18(25)15-10-14(15)13-7-3-4-8-16(13)20/h3-4,7-8,12,14-15H,2,5-6,9-11H2,1H3,(H,22,26). The van der Waals surface area contributed by atoms with E-state index in [0.717, 1.165) is 49.2 Å². The fourth-order valence-electron chi connectivity index (χ4n) is 4.16. The van der Waals surface area contributed by atoms with Gasteiger partial charge in [-0.3, -0.25) is 9.89 Å². The van der Waals surface area contributed by atoms with E-state index in [0.29, 0.717) is 16.6 Å². The molecule has 0 radical (unpaired) electrons. The molecule has 1 aromatic carbocycles. The van der Waals surface area contributed by atoms with E-state index in [1.165, 1.54) is 5.56 Å². The van der Waals surface area contributed by atoms with Crippen LogP contribution in [0.3, 0.4) is 0 Å². The lowest BCUT2D eigenvalue weighted by Crippen LogP contribution is -2.40. The van der Waals surface area contributed by atoms with E-state index in [9.17, 15) is 4.79 Å². The fraction of sp³-hybridized carbons (Fsp3) is 0.526. The van der Waals surface area contributed by atoms with Gasteiger partial charge in [0.15, 0.2) is 4.77 Å². The molecule has 3 unspecified atom stereocenters. The largest absolute Gasteiger partial charge is 0.342 e. The number of aromatic nitrogens is 3. The summed E-state index contributed by atoms with van der Waals surface area (Å²) in [5.74, 6) is 2.03. The Morgan fingerprint density at radius 1 is 1.42 bits per heavy atom. The van der Waals surface area contributed by atoms with E-state index in [1.807, 2.05) is 17.0 Å². The third-order valence-corrected chi connectivity index (χ3v) is 6.65. The molecule has 138 valence electrons. The molecule has 1 amide bonds. The summed E-state index contributed by atoms with van der Waals surface area (Å²) in [6, 6.07) is 8.24. The zero-order chi connectivity index (χ0) is 18.3. The van der Waals surface area contributed by atoms with Crippen molar-refractivity contribution in [2.24, 2.45) is 5.92 Å². The number of nitrogens with one attached hydrogen (secondary N) is 1. The van der Waals surface area contributed by atoms with Gasteiger partial charge in [0.25, 0.3) is 0 Å². The molecular weight excluding hydrogens is 412 g/mol. The number of amides is 1. The lowest BCUT2D eigenvalue weighted by Gasteiger charge is -2.32. The highest BCUT2D eigenvalue weighted by atomic mass is 79.9. The van der Waals surface area contributed by atoms with Crippen molar-refractivity contribution in [1.29, 1.82) is 0 Å². The summed E-state index contributed by atoms with van der Waals surface area (Å²) >= 11 is 8.93. The maximum Gasteiger partial charge on any atom is 0.226 e. The first kappa shape index (κ1) is 17.9. The summed E-state index contributed by atoms with van der Waals surface area (Å²) in [4.78, 5) is 15.1. The molecule has 26 heavy (non-hydrogen) atoms. The van der Waals surface area contributed by atoms with Crippen molar-refractivity contribution >= 4 is 34.1 Å². The number of benzene rings is 1. The molecule has 3 atom stereocenters. The second-order valence-corrected chi connectivity index (χ2v) is 8.47. The first-order chi connectivity index (χ1) is 12.6. The molecule has 2 heterocycles. The Bertz CT molecular complexity index is 876. The Morgan fingerprint density at radius 3 is 3.00 bits per heavy atom. The Hall–Kier alpha value is -1.47. The van der Waals surface area contributed by atoms with Gasteiger partial charge in [0.05, 0.1) is 0 Å².